The van der Waals surface area contributed by atoms with Gasteiger partial charge in [-0.05, 0) is 29.8 Å². The van der Waals surface area contributed by atoms with Gasteiger partial charge in [0, 0.05) is 48.0 Å². The number of para-hydroxylation sites is 2. The van der Waals surface area contributed by atoms with E-state index in [9.17, 15) is 4.79 Å². The molecule has 0 aliphatic heterocycles. The van der Waals surface area contributed by atoms with Gasteiger partial charge in [0.1, 0.15) is 5.76 Å². The van der Waals surface area contributed by atoms with Gasteiger partial charge >= 0.3 is 0 Å². The molecule has 31 heavy (non-hydrogen) atoms. The Hall–Kier alpha value is -3.67. The molecule has 6 nitrogen and oxygen atoms in total. The summed E-state index contributed by atoms with van der Waals surface area (Å²) in [6, 6.07) is 17.7. The summed E-state index contributed by atoms with van der Waals surface area (Å²) in [5, 5.41) is 4.21. The molecule has 0 aliphatic carbocycles. The molecule has 1 amide bonds. The molecule has 2 aromatic carbocycles. The predicted molar refractivity (Wildman–Crippen MR) is 120 cm³/mol. The number of nitrogens with one attached hydrogen (secondary N) is 2. The third kappa shape index (κ3) is 4.43. The van der Waals surface area contributed by atoms with Crippen molar-refractivity contribution in [3.05, 3.63) is 83.9 Å². The van der Waals surface area contributed by atoms with Gasteiger partial charge in [-0.3, -0.25) is 4.79 Å². The zero-order valence-corrected chi connectivity index (χ0v) is 17.7. The molecular formula is C25H26N2O4. The maximum Gasteiger partial charge on any atom is 0.220 e. The summed E-state index contributed by atoms with van der Waals surface area (Å²) in [5.41, 5.74) is 3.10. The zero-order chi connectivity index (χ0) is 21.6. The third-order valence-electron chi connectivity index (χ3n) is 5.49. The van der Waals surface area contributed by atoms with E-state index >= 15 is 0 Å². The van der Waals surface area contributed by atoms with E-state index < -0.39 is 0 Å². The van der Waals surface area contributed by atoms with Crippen molar-refractivity contribution >= 4 is 16.8 Å². The van der Waals surface area contributed by atoms with E-state index in [0.717, 1.165) is 27.8 Å². The SMILES string of the molecule is COc1cccc(C(CNC(=O)CCc2ccco2)c2c[nH]c3ccccc23)c1OC. The van der Waals surface area contributed by atoms with Crippen LogP contribution in [0.5, 0.6) is 11.5 Å². The van der Waals surface area contributed by atoms with Gasteiger partial charge in [-0.25, -0.2) is 0 Å². The fourth-order valence-corrected chi connectivity index (χ4v) is 3.95. The first-order valence-corrected chi connectivity index (χ1v) is 10.3. The minimum absolute atomic E-state index is 0.0249. The van der Waals surface area contributed by atoms with Crippen LogP contribution in [-0.4, -0.2) is 31.7 Å². The van der Waals surface area contributed by atoms with Crippen LogP contribution in [0.15, 0.2) is 71.5 Å². The lowest BCUT2D eigenvalue weighted by atomic mass is 9.89. The van der Waals surface area contributed by atoms with E-state index in [2.05, 4.69) is 16.4 Å². The number of furan rings is 1. The van der Waals surface area contributed by atoms with E-state index in [-0.39, 0.29) is 11.8 Å². The molecule has 160 valence electrons. The van der Waals surface area contributed by atoms with E-state index in [1.54, 1.807) is 20.5 Å². The molecule has 4 aromatic rings. The van der Waals surface area contributed by atoms with Crippen molar-refractivity contribution in [1.29, 1.82) is 0 Å². The van der Waals surface area contributed by atoms with E-state index in [1.807, 2.05) is 54.7 Å². The number of amides is 1. The Labute approximate surface area is 181 Å². The molecule has 0 radical (unpaired) electrons. The zero-order valence-electron chi connectivity index (χ0n) is 17.7. The highest BCUT2D eigenvalue weighted by molar-refractivity contribution is 5.84. The second-order valence-corrected chi connectivity index (χ2v) is 7.31. The standard InChI is InChI=1S/C25H26N2O4/c1-29-23-11-5-9-19(25(23)30-2)21(20-15-26-22-10-4-3-8-18(20)22)16-27-24(28)13-12-17-7-6-14-31-17/h3-11,14-15,21,26H,12-13,16H2,1-2H3,(H,27,28). The average Bonchev–Trinajstić information content (AvgIpc) is 3.48. The van der Waals surface area contributed by atoms with Crippen molar-refractivity contribution in [2.45, 2.75) is 18.8 Å². The average molecular weight is 418 g/mol. The number of aromatic amines is 1. The topological polar surface area (TPSA) is 76.5 Å². The van der Waals surface area contributed by atoms with Gasteiger partial charge in [0.15, 0.2) is 11.5 Å². The smallest absolute Gasteiger partial charge is 0.220 e. The molecule has 0 saturated heterocycles. The number of aromatic nitrogens is 1. The number of H-pyrrole nitrogens is 1. The van der Waals surface area contributed by atoms with E-state index in [1.165, 1.54) is 0 Å². The summed E-state index contributed by atoms with van der Waals surface area (Å²) < 4.78 is 16.5. The first-order valence-electron chi connectivity index (χ1n) is 10.3. The number of methoxy groups -OCH3 is 2. The van der Waals surface area contributed by atoms with Gasteiger partial charge in [-0.1, -0.05) is 30.3 Å². The van der Waals surface area contributed by atoms with Gasteiger partial charge in [0.05, 0.1) is 20.5 Å². The minimum Gasteiger partial charge on any atom is -0.493 e. The molecule has 1 atom stereocenters. The van der Waals surface area contributed by atoms with Crippen LogP contribution in [0.3, 0.4) is 0 Å². The van der Waals surface area contributed by atoms with E-state index in [0.29, 0.717) is 30.9 Å². The van der Waals surface area contributed by atoms with Crippen molar-refractivity contribution < 1.29 is 18.7 Å². The van der Waals surface area contributed by atoms with Crippen molar-refractivity contribution in [3.63, 3.8) is 0 Å². The number of ether oxygens (including phenoxy) is 2. The molecule has 6 heteroatoms. The highest BCUT2D eigenvalue weighted by Gasteiger charge is 2.24. The monoisotopic (exact) mass is 418 g/mol. The number of carbonyl (C=O) groups excluding carboxylic acids is 1. The fourth-order valence-electron chi connectivity index (χ4n) is 3.95. The van der Waals surface area contributed by atoms with Gasteiger partial charge < -0.3 is 24.2 Å². The van der Waals surface area contributed by atoms with Crippen molar-refractivity contribution in [2.24, 2.45) is 0 Å². The Morgan fingerprint density at radius 1 is 1.03 bits per heavy atom. The summed E-state index contributed by atoms with van der Waals surface area (Å²) in [4.78, 5) is 15.9. The second-order valence-electron chi connectivity index (χ2n) is 7.31. The Morgan fingerprint density at radius 2 is 1.90 bits per heavy atom. The lowest BCUT2D eigenvalue weighted by Crippen LogP contribution is -2.29. The number of carbonyl (C=O) groups is 1. The molecule has 1 unspecified atom stereocenters. The lowest BCUT2D eigenvalue weighted by Gasteiger charge is -2.22. The van der Waals surface area contributed by atoms with Crippen LogP contribution in [0.4, 0.5) is 0 Å². The van der Waals surface area contributed by atoms with Crippen molar-refractivity contribution in [3.8, 4) is 11.5 Å². The Balaban J connectivity index is 1.63. The summed E-state index contributed by atoms with van der Waals surface area (Å²) in [7, 11) is 3.26. The summed E-state index contributed by atoms with van der Waals surface area (Å²) >= 11 is 0. The van der Waals surface area contributed by atoms with E-state index in [4.69, 9.17) is 13.9 Å². The number of benzene rings is 2. The maximum atomic E-state index is 12.6. The van der Waals surface area contributed by atoms with Gasteiger partial charge in [0.2, 0.25) is 5.91 Å². The summed E-state index contributed by atoms with van der Waals surface area (Å²) in [6.45, 7) is 0.433. The van der Waals surface area contributed by atoms with Crippen LogP contribution >= 0.6 is 0 Å². The molecule has 0 spiro atoms. The van der Waals surface area contributed by atoms with Crippen LogP contribution in [0.1, 0.15) is 29.2 Å². The third-order valence-corrected chi connectivity index (χ3v) is 5.49. The number of hydrogen-bond acceptors (Lipinski definition) is 4. The number of hydrogen-bond donors (Lipinski definition) is 2. The highest BCUT2D eigenvalue weighted by atomic mass is 16.5. The number of aryl methyl sites for hydroxylation is 1. The van der Waals surface area contributed by atoms with Crippen LogP contribution in [-0.2, 0) is 11.2 Å². The molecule has 0 bridgehead atoms. The van der Waals surface area contributed by atoms with Crippen LogP contribution in [0.2, 0.25) is 0 Å². The molecule has 2 aromatic heterocycles. The van der Waals surface area contributed by atoms with Gasteiger partial charge in [0.25, 0.3) is 0 Å². The normalized spacial score (nSPS) is 11.9. The first-order chi connectivity index (χ1) is 15.2. The minimum atomic E-state index is -0.117. The molecule has 4 rings (SSSR count). The van der Waals surface area contributed by atoms with Crippen LogP contribution in [0, 0.1) is 0 Å². The van der Waals surface area contributed by atoms with Crippen molar-refractivity contribution in [1.82, 2.24) is 10.3 Å². The quantitative estimate of drug-likeness (QED) is 0.415. The van der Waals surface area contributed by atoms with Crippen LogP contribution < -0.4 is 14.8 Å². The molecule has 0 aliphatic rings. The second kappa shape index (κ2) is 9.43. The molecule has 2 heterocycles. The maximum absolute atomic E-state index is 12.6. The molecular weight excluding hydrogens is 392 g/mol. The lowest BCUT2D eigenvalue weighted by molar-refractivity contribution is -0.121. The summed E-state index contributed by atoms with van der Waals surface area (Å²) in [6.07, 6.45) is 4.56. The highest BCUT2D eigenvalue weighted by Crippen LogP contribution is 2.40. The predicted octanol–water partition coefficient (Wildman–Crippen LogP) is 4.66. The molecule has 2 N–H and O–H groups in total. The Kier molecular flexibility index (Phi) is 6.26. The Morgan fingerprint density at radius 3 is 2.68 bits per heavy atom. The number of fused-ring (bicyclic) bond motifs is 1. The molecule has 0 saturated carbocycles. The number of rotatable bonds is 9. The van der Waals surface area contributed by atoms with Gasteiger partial charge in [-0.2, -0.15) is 0 Å². The molecule has 0 fully saturated rings. The van der Waals surface area contributed by atoms with Crippen molar-refractivity contribution in [2.75, 3.05) is 20.8 Å². The largest absolute Gasteiger partial charge is 0.493 e. The summed E-state index contributed by atoms with van der Waals surface area (Å²) in [5.74, 6) is 1.99. The Bertz CT molecular complexity index is 1150. The fraction of sp³-hybridized carbons (Fsp3) is 0.240. The first kappa shape index (κ1) is 20.6. The van der Waals surface area contributed by atoms with Gasteiger partial charge in [-0.15, -0.1) is 0 Å². The van der Waals surface area contributed by atoms with Crippen LogP contribution in [0.25, 0.3) is 10.9 Å².